The number of aromatic nitrogens is 2. The molecule has 2 rings (SSSR count). The second-order valence-electron chi connectivity index (χ2n) is 6.68. The summed E-state index contributed by atoms with van der Waals surface area (Å²) < 4.78 is 5.75. The fraction of sp³-hybridized carbons (Fsp3) is 0.300. The van der Waals surface area contributed by atoms with Crippen LogP contribution in [0.1, 0.15) is 30.8 Å². The van der Waals surface area contributed by atoms with Crippen LogP contribution in [-0.4, -0.2) is 39.4 Å². The van der Waals surface area contributed by atoms with Crippen LogP contribution < -0.4 is 15.8 Å². The van der Waals surface area contributed by atoms with Crippen LogP contribution in [0.5, 0.6) is 5.75 Å². The minimum atomic E-state index is -1.41. The fourth-order valence-corrected chi connectivity index (χ4v) is 2.31. The lowest BCUT2D eigenvalue weighted by atomic mass is 10.0. The Labute approximate surface area is 163 Å². The highest BCUT2D eigenvalue weighted by molar-refractivity contribution is 6.20. The van der Waals surface area contributed by atoms with E-state index in [2.05, 4.69) is 15.3 Å². The van der Waals surface area contributed by atoms with Crippen molar-refractivity contribution in [1.82, 2.24) is 15.3 Å². The van der Waals surface area contributed by atoms with Crippen molar-refractivity contribution in [2.75, 3.05) is 6.61 Å². The van der Waals surface area contributed by atoms with Crippen LogP contribution in [0.25, 0.3) is 5.57 Å². The first-order valence-electron chi connectivity index (χ1n) is 8.65. The Morgan fingerprint density at radius 3 is 2.68 bits per heavy atom. The van der Waals surface area contributed by atoms with E-state index in [1.165, 1.54) is 13.1 Å². The van der Waals surface area contributed by atoms with Gasteiger partial charge in [0.1, 0.15) is 24.2 Å². The largest absolute Gasteiger partial charge is 0.489 e. The molecule has 0 aromatic carbocycles. The highest BCUT2D eigenvalue weighted by Gasteiger charge is 2.28. The number of aliphatic hydroxyl groups is 1. The van der Waals surface area contributed by atoms with Gasteiger partial charge in [-0.15, -0.1) is 0 Å². The molecule has 28 heavy (non-hydrogen) atoms. The predicted octanol–water partition coefficient (Wildman–Crippen LogP) is 1.12. The number of nitrogens with one attached hydrogen (secondary N) is 1. The molecule has 0 aliphatic heterocycles. The number of ether oxygens (including phenoxy) is 1. The van der Waals surface area contributed by atoms with E-state index in [0.29, 0.717) is 24.3 Å². The number of carbonyl (C=O) groups excluding carboxylic acids is 2. The molecule has 0 bridgehead atoms. The quantitative estimate of drug-likeness (QED) is 0.460. The average Bonchev–Trinajstić information content (AvgIpc) is 2.67. The van der Waals surface area contributed by atoms with Crippen LogP contribution in [-0.2, 0) is 16.2 Å². The van der Waals surface area contributed by atoms with Gasteiger partial charge >= 0.3 is 0 Å². The molecule has 4 N–H and O–H groups in total. The van der Waals surface area contributed by atoms with Gasteiger partial charge in [-0.2, -0.15) is 0 Å². The lowest BCUT2D eigenvalue weighted by molar-refractivity contribution is -0.123. The van der Waals surface area contributed by atoms with E-state index >= 15 is 0 Å². The van der Waals surface area contributed by atoms with Crippen LogP contribution >= 0.6 is 0 Å². The number of pyridine rings is 2. The smallest absolute Gasteiger partial charge is 0.256 e. The number of nitrogens with two attached hydrogens (primary N) is 1. The molecule has 0 aliphatic rings. The Morgan fingerprint density at radius 1 is 1.36 bits per heavy atom. The summed E-state index contributed by atoms with van der Waals surface area (Å²) >= 11 is 0. The van der Waals surface area contributed by atoms with Gasteiger partial charge in [-0.25, -0.2) is 0 Å². The molecule has 0 fully saturated rings. The summed E-state index contributed by atoms with van der Waals surface area (Å²) in [5, 5.41) is 11.8. The molecule has 0 aliphatic carbocycles. The van der Waals surface area contributed by atoms with Gasteiger partial charge in [0.15, 0.2) is 0 Å². The van der Waals surface area contributed by atoms with Crippen molar-refractivity contribution in [3.05, 3.63) is 59.3 Å². The number of carbonyl (C=O) groups is 2. The summed E-state index contributed by atoms with van der Waals surface area (Å²) in [6.07, 6.45) is 3.70. The molecule has 1 unspecified atom stereocenters. The maximum absolute atomic E-state index is 12.6. The van der Waals surface area contributed by atoms with Gasteiger partial charge in [0.05, 0.1) is 17.9 Å². The Hall–Kier alpha value is -3.26. The van der Waals surface area contributed by atoms with E-state index in [0.717, 1.165) is 11.3 Å². The second kappa shape index (κ2) is 9.09. The number of aldehydes is 1. The van der Waals surface area contributed by atoms with Gasteiger partial charge in [-0.3, -0.25) is 14.8 Å². The van der Waals surface area contributed by atoms with E-state index in [4.69, 9.17) is 10.5 Å². The first-order valence-corrected chi connectivity index (χ1v) is 8.65. The third-order valence-electron chi connectivity index (χ3n) is 3.97. The molecule has 1 amide bonds. The van der Waals surface area contributed by atoms with E-state index in [9.17, 15) is 14.7 Å². The maximum atomic E-state index is 12.6. The third-order valence-corrected chi connectivity index (χ3v) is 3.97. The Morgan fingerprint density at radius 2 is 2.11 bits per heavy atom. The standard InChI is InChI=1S/C20H24N4O4/c1-13-4-5-15(9-23-13)10-28-16-6-7-22-17(8-16)18(14(2)21)19(27)24-20(3,11-25)12-26/h4-9,11,26H,10,12,21H2,1-3H3,(H,24,27)/b18-14+. The molecule has 0 radical (unpaired) electrons. The second-order valence-corrected chi connectivity index (χ2v) is 6.68. The van der Waals surface area contributed by atoms with Crippen molar-refractivity contribution in [3.8, 4) is 5.75 Å². The van der Waals surface area contributed by atoms with Gasteiger partial charge in [0.2, 0.25) is 0 Å². The molecule has 0 saturated carbocycles. The summed E-state index contributed by atoms with van der Waals surface area (Å²) in [6.45, 7) is 4.63. The average molecular weight is 384 g/mol. The van der Waals surface area contributed by atoms with E-state index < -0.39 is 18.1 Å². The number of allylic oxidation sites excluding steroid dienone is 1. The molecular weight excluding hydrogens is 360 g/mol. The maximum Gasteiger partial charge on any atom is 0.256 e. The van der Waals surface area contributed by atoms with Crippen LogP contribution in [0.2, 0.25) is 0 Å². The van der Waals surface area contributed by atoms with Crippen LogP contribution in [0.4, 0.5) is 0 Å². The van der Waals surface area contributed by atoms with E-state index in [1.54, 1.807) is 25.3 Å². The van der Waals surface area contributed by atoms with Crippen LogP contribution in [0, 0.1) is 6.92 Å². The van der Waals surface area contributed by atoms with Crippen molar-refractivity contribution in [3.63, 3.8) is 0 Å². The summed E-state index contributed by atoms with van der Waals surface area (Å²) in [4.78, 5) is 32.2. The van der Waals surface area contributed by atoms with Gasteiger partial charge < -0.3 is 25.7 Å². The number of nitrogens with zero attached hydrogens (tertiary/aromatic N) is 2. The number of aryl methyl sites for hydroxylation is 1. The van der Waals surface area contributed by atoms with Crippen LogP contribution in [0.3, 0.4) is 0 Å². The van der Waals surface area contributed by atoms with Gasteiger partial charge in [0, 0.05) is 35.4 Å². The molecule has 1 atom stereocenters. The first kappa shape index (κ1) is 21.0. The zero-order valence-electron chi connectivity index (χ0n) is 16.1. The lowest BCUT2D eigenvalue weighted by Gasteiger charge is -2.23. The SMILES string of the molecule is C/C(N)=C(\C(=O)NC(C)(C=O)CO)c1cc(OCc2ccc(C)nc2)ccn1. The highest BCUT2D eigenvalue weighted by Crippen LogP contribution is 2.21. The van der Waals surface area contributed by atoms with Gasteiger partial charge in [0.25, 0.3) is 5.91 Å². The normalized spacial score (nSPS) is 13.9. The topological polar surface area (TPSA) is 127 Å². The predicted molar refractivity (Wildman–Crippen MR) is 104 cm³/mol. The molecule has 8 heteroatoms. The third kappa shape index (κ3) is 5.37. The molecule has 148 valence electrons. The number of aliphatic hydroxyl groups excluding tert-OH is 1. The number of amides is 1. The fourth-order valence-electron chi connectivity index (χ4n) is 2.31. The molecule has 2 aromatic heterocycles. The Balaban J connectivity index is 2.21. The highest BCUT2D eigenvalue weighted by atomic mass is 16.5. The lowest BCUT2D eigenvalue weighted by Crippen LogP contribution is -2.50. The van der Waals surface area contributed by atoms with Gasteiger partial charge in [-0.1, -0.05) is 6.07 Å². The number of hydrogen-bond acceptors (Lipinski definition) is 7. The summed E-state index contributed by atoms with van der Waals surface area (Å²) in [5.41, 5.74) is 6.90. The molecule has 0 spiro atoms. The molecular formula is C20H24N4O4. The molecule has 0 saturated heterocycles. The molecule has 2 aromatic rings. The van der Waals surface area contributed by atoms with Crippen molar-refractivity contribution >= 4 is 17.8 Å². The summed E-state index contributed by atoms with van der Waals surface area (Å²) in [6, 6.07) is 7.06. The summed E-state index contributed by atoms with van der Waals surface area (Å²) in [5.74, 6) is -0.117. The monoisotopic (exact) mass is 384 g/mol. The Bertz CT molecular complexity index is 876. The van der Waals surface area contributed by atoms with E-state index in [-0.39, 0.29) is 11.3 Å². The zero-order chi connectivity index (χ0) is 20.7. The zero-order valence-corrected chi connectivity index (χ0v) is 16.1. The summed E-state index contributed by atoms with van der Waals surface area (Å²) in [7, 11) is 0. The minimum absolute atomic E-state index is 0.101. The van der Waals surface area contributed by atoms with Crippen molar-refractivity contribution in [2.45, 2.75) is 32.9 Å². The molecule has 8 nitrogen and oxygen atoms in total. The number of hydrogen-bond donors (Lipinski definition) is 3. The van der Waals surface area contributed by atoms with Gasteiger partial charge in [-0.05, 0) is 32.9 Å². The Kier molecular flexibility index (Phi) is 6.84. The molecule has 2 heterocycles. The van der Waals surface area contributed by atoms with Crippen molar-refractivity contribution in [2.24, 2.45) is 5.73 Å². The van der Waals surface area contributed by atoms with Crippen molar-refractivity contribution in [1.29, 1.82) is 0 Å². The van der Waals surface area contributed by atoms with Crippen molar-refractivity contribution < 1.29 is 19.4 Å². The number of rotatable bonds is 8. The van der Waals surface area contributed by atoms with E-state index in [1.807, 2.05) is 19.1 Å². The first-order chi connectivity index (χ1) is 13.3. The van der Waals surface area contributed by atoms with Crippen LogP contribution in [0.15, 0.2) is 42.4 Å². The minimum Gasteiger partial charge on any atom is -0.489 e.